The van der Waals surface area contributed by atoms with Gasteiger partial charge in [0.2, 0.25) is 0 Å². The second-order valence-corrected chi connectivity index (χ2v) is 4.60. The number of hydrogen-bond donors (Lipinski definition) is 2. The molecule has 0 spiro atoms. The first-order valence-corrected chi connectivity index (χ1v) is 6.39. The molecular weight excluding hydrogens is 204 g/mol. The zero-order valence-corrected chi connectivity index (χ0v) is 10.6. The van der Waals surface area contributed by atoms with Crippen LogP contribution in [0.2, 0.25) is 0 Å². The highest BCUT2D eigenvalue weighted by Crippen LogP contribution is 2.20. The van der Waals surface area contributed by atoms with E-state index in [4.69, 9.17) is 4.74 Å². The fourth-order valence-corrected chi connectivity index (χ4v) is 2.29. The van der Waals surface area contributed by atoms with E-state index in [1.165, 1.54) is 19.3 Å². The number of methoxy groups -OCH3 is 1. The maximum Gasteiger partial charge on any atom is 0.117 e. The van der Waals surface area contributed by atoms with Crippen molar-refractivity contribution in [1.82, 2.24) is 10.2 Å². The summed E-state index contributed by atoms with van der Waals surface area (Å²) in [4.78, 5) is 2.34. The molecule has 4 heteroatoms. The molecule has 1 fully saturated rings. The largest absolute Gasteiger partial charge is 0.385 e. The summed E-state index contributed by atoms with van der Waals surface area (Å²) in [6.07, 6.45) is 3.28. The summed E-state index contributed by atoms with van der Waals surface area (Å²) in [5.74, 6) is 0.812. The Kier molecular flexibility index (Phi) is 6.96. The van der Waals surface area contributed by atoms with Crippen LogP contribution in [-0.2, 0) is 4.74 Å². The number of ether oxygens (including phenoxy) is 1. The molecule has 1 rings (SSSR count). The molecule has 2 N–H and O–H groups in total. The first-order chi connectivity index (χ1) is 7.76. The van der Waals surface area contributed by atoms with Crippen molar-refractivity contribution in [3.8, 4) is 0 Å². The summed E-state index contributed by atoms with van der Waals surface area (Å²) in [6.45, 7) is 6.69. The fraction of sp³-hybridized carbons (Fsp3) is 1.00. The molecule has 0 aliphatic carbocycles. The van der Waals surface area contributed by atoms with Gasteiger partial charge in [0.25, 0.3) is 0 Å². The summed E-state index contributed by atoms with van der Waals surface area (Å²) in [7, 11) is 1.77. The van der Waals surface area contributed by atoms with Crippen molar-refractivity contribution in [1.29, 1.82) is 0 Å². The van der Waals surface area contributed by atoms with E-state index in [0.29, 0.717) is 0 Å². The molecule has 0 bridgehead atoms. The quantitative estimate of drug-likeness (QED) is 0.631. The minimum absolute atomic E-state index is 0.375. The molecular formula is C12H26N2O2. The molecule has 1 aliphatic heterocycles. The standard InChI is InChI=1S/C12H26N2O2/c1-3-13-12(15)10-14-7-4-11(5-8-14)6-9-16-2/h11-13,15H,3-10H2,1-2H3. The predicted molar refractivity (Wildman–Crippen MR) is 65.3 cm³/mol. The van der Waals surface area contributed by atoms with Gasteiger partial charge < -0.3 is 9.84 Å². The average Bonchev–Trinajstić information content (AvgIpc) is 2.28. The van der Waals surface area contributed by atoms with Crippen molar-refractivity contribution in [3.63, 3.8) is 0 Å². The maximum absolute atomic E-state index is 9.64. The van der Waals surface area contributed by atoms with Crippen LogP contribution in [0.4, 0.5) is 0 Å². The molecule has 4 nitrogen and oxygen atoms in total. The van der Waals surface area contributed by atoms with E-state index in [-0.39, 0.29) is 6.23 Å². The van der Waals surface area contributed by atoms with E-state index in [0.717, 1.165) is 38.7 Å². The Morgan fingerprint density at radius 2 is 2.12 bits per heavy atom. The van der Waals surface area contributed by atoms with Crippen LogP contribution in [0.5, 0.6) is 0 Å². The number of piperidine rings is 1. The van der Waals surface area contributed by atoms with Crippen LogP contribution in [-0.4, -0.2) is 56.1 Å². The number of nitrogens with one attached hydrogen (secondary N) is 1. The Morgan fingerprint density at radius 1 is 1.44 bits per heavy atom. The summed E-state index contributed by atoms with van der Waals surface area (Å²) in [5, 5.41) is 12.7. The van der Waals surface area contributed by atoms with Gasteiger partial charge in [-0.1, -0.05) is 6.92 Å². The Morgan fingerprint density at radius 3 is 2.69 bits per heavy atom. The topological polar surface area (TPSA) is 44.7 Å². The molecule has 1 unspecified atom stereocenters. The molecule has 1 saturated heterocycles. The van der Waals surface area contributed by atoms with Crippen molar-refractivity contribution in [2.45, 2.75) is 32.4 Å². The first kappa shape index (κ1) is 13.9. The molecule has 0 amide bonds. The SMILES string of the molecule is CCNC(O)CN1CCC(CCOC)CC1. The van der Waals surface area contributed by atoms with Gasteiger partial charge in [-0.25, -0.2) is 0 Å². The van der Waals surface area contributed by atoms with Crippen LogP contribution in [0.1, 0.15) is 26.2 Å². The van der Waals surface area contributed by atoms with Gasteiger partial charge in [0, 0.05) is 20.3 Å². The number of likely N-dealkylation sites (N-methyl/N-ethyl adjacent to an activating group) is 1. The van der Waals surface area contributed by atoms with E-state index in [1.54, 1.807) is 7.11 Å². The third-order valence-corrected chi connectivity index (χ3v) is 3.31. The average molecular weight is 230 g/mol. The number of likely N-dealkylation sites (tertiary alicyclic amines) is 1. The number of hydrogen-bond acceptors (Lipinski definition) is 4. The fourth-order valence-electron chi connectivity index (χ4n) is 2.29. The molecule has 96 valence electrons. The van der Waals surface area contributed by atoms with Crippen LogP contribution in [0.15, 0.2) is 0 Å². The van der Waals surface area contributed by atoms with Gasteiger partial charge >= 0.3 is 0 Å². The minimum Gasteiger partial charge on any atom is -0.385 e. The Balaban J connectivity index is 2.11. The van der Waals surface area contributed by atoms with E-state index in [1.807, 2.05) is 6.92 Å². The van der Waals surface area contributed by atoms with Gasteiger partial charge in [-0.15, -0.1) is 0 Å². The zero-order valence-electron chi connectivity index (χ0n) is 10.6. The van der Waals surface area contributed by atoms with Crippen LogP contribution < -0.4 is 5.32 Å². The summed E-state index contributed by atoms with van der Waals surface area (Å²) in [5.41, 5.74) is 0. The minimum atomic E-state index is -0.375. The van der Waals surface area contributed by atoms with Gasteiger partial charge in [-0.3, -0.25) is 10.2 Å². The van der Waals surface area contributed by atoms with Gasteiger partial charge in [0.05, 0.1) is 0 Å². The lowest BCUT2D eigenvalue weighted by molar-refractivity contribution is 0.0637. The molecule has 1 aliphatic rings. The molecule has 0 aromatic heterocycles. The summed E-state index contributed by atoms with van der Waals surface area (Å²) in [6, 6.07) is 0. The second kappa shape index (κ2) is 8.01. The van der Waals surface area contributed by atoms with Crippen molar-refractivity contribution in [2.75, 3.05) is 39.9 Å². The molecule has 0 aromatic rings. The molecule has 1 heterocycles. The van der Waals surface area contributed by atoms with E-state index < -0.39 is 0 Å². The van der Waals surface area contributed by atoms with E-state index in [2.05, 4.69) is 10.2 Å². The second-order valence-electron chi connectivity index (χ2n) is 4.60. The third kappa shape index (κ3) is 5.25. The highest BCUT2D eigenvalue weighted by atomic mass is 16.5. The normalized spacial score (nSPS) is 21.2. The van der Waals surface area contributed by atoms with Crippen molar-refractivity contribution in [3.05, 3.63) is 0 Å². The summed E-state index contributed by atoms with van der Waals surface area (Å²) < 4.78 is 5.10. The number of aliphatic hydroxyl groups excluding tert-OH is 1. The predicted octanol–water partition coefficient (Wildman–Crippen LogP) is 0.663. The summed E-state index contributed by atoms with van der Waals surface area (Å²) >= 11 is 0. The monoisotopic (exact) mass is 230 g/mol. The van der Waals surface area contributed by atoms with E-state index in [9.17, 15) is 5.11 Å². The lowest BCUT2D eigenvalue weighted by atomic mass is 9.94. The lowest BCUT2D eigenvalue weighted by Crippen LogP contribution is -2.44. The molecule has 0 aromatic carbocycles. The third-order valence-electron chi connectivity index (χ3n) is 3.31. The highest BCUT2D eigenvalue weighted by molar-refractivity contribution is 4.73. The molecule has 0 radical (unpaired) electrons. The number of nitrogens with zero attached hydrogens (tertiary/aromatic N) is 1. The Labute approximate surface area is 99.0 Å². The van der Waals surface area contributed by atoms with Crippen molar-refractivity contribution >= 4 is 0 Å². The van der Waals surface area contributed by atoms with Gasteiger partial charge in [-0.05, 0) is 44.8 Å². The Bertz CT molecular complexity index is 170. The van der Waals surface area contributed by atoms with Crippen LogP contribution in [0, 0.1) is 5.92 Å². The molecule has 16 heavy (non-hydrogen) atoms. The highest BCUT2D eigenvalue weighted by Gasteiger charge is 2.20. The Hall–Kier alpha value is -0.160. The van der Waals surface area contributed by atoms with Gasteiger partial charge in [-0.2, -0.15) is 0 Å². The number of rotatable bonds is 7. The zero-order chi connectivity index (χ0) is 11.8. The van der Waals surface area contributed by atoms with Crippen molar-refractivity contribution in [2.24, 2.45) is 5.92 Å². The van der Waals surface area contributed by atoms with Crippen LogP contribution in [0.25, 0.3) is 0 Å². The van der Waals surface area contributed by atoms with Gasteiger partial charge in [0.1, 0.15) is 6.23 Å². The number of aliphatic hydroxyl groups is 1. The smallest absolute Gasteiger partial charge is 0.117 e. The van der Waals surface area contributed by atoms with Crippen molar-refractivity contribution < 1.29 is 9.84 Å². The van der Waals surface area contributed by atoms with Gasteiger partial charge in [0.15, 0.2) is 0 Å². The lowest BCUT2D eigenvalue weighted by Gasteiger charge is -2.33. The first-order valence-electron chi connectivity index (χ1n) is 6.39. The van der Waals surface area contributed by atoms with Crippen LogP contribution >= 0.6 is 0 Å². The number of β-amino-alcohol motifs (C(OH)–C–C–N with tert-alkyl or cyclic N) is 1. The molecule has 0 saturated carbocycles. The maximum atomic E-state index is 9.64. The molecule has 1 atom stereocenters. The van der Waals surface area contributed by atoms with E-state index >= 15 is 0 Å². The van der Waals surface area contributed by atoms with Crippen LogP contribution in [0.3, 0.4) is 0 Å².